The Morgan fingerprint density at radius 2 is 2.17 bits per heavy atom. The molecule has 0 bridgehead atoms. The van der Waals surface area contributed by atoms with E-state index in [1.165, 1.54) is 0 Å². The molecule has 0 aliphatic carbocycles. The summed E-state index contributed by atoms with van der Waals surface area (Å²) in [6.07, 6.45) is 3.33. The number of rotatable bonds is 3. The smallest absolute Gasteiger partial charge is 0.117 e. The molecule has 3 rings (SSSR count). The van der Waals surface area contributed by atoms with Gasteiger partial charge in [0.25, 0.3) is 0 Å². The Labute approximate surface area is 104 Å². The molecule has 4 heteroatoms. The van der Waals surface area contributed by atoms with E-state index in [1.54, 1.807) is 18.4 Å². The molecule has 18 heavy (non-hydrogen) atoms. The van der Waals surface area contributed by atoms with Gasteiger partial charge < -0.3 is 14.1 Å². The second-order valence-corrected chi connectivity index (χ2v) is 4.34. The lowest BCUT2D eigenvalue weighted by molar-refractivity contribution is 0.476. The molecule has 0 aliphatic rings. The first-order valence-corrected chi connectivity index (χ1v) is 5.91. The van der Waals surface area contributed by atoms with Crippen LogP contribution in [0.2, 0.25) is 0 Å². The number of furan rings is 1. The van der Waals surface area contributed by atoms with Crippen molar-refractivity contribution in [3.8, 4) is 5.75 Å². The maximum Gasteiger partial charge on any atom is 0.117 e. The number of imidazole rings is 1. The molecule has 0 saturated carbocycles. The van der Waals surface area contributed by atoms with Crippen molar-refractivity contribution in [3.63, 3.8) is 0 Å². The van der Waals surface area contributed by atoms with E-state index in [1.807, 2.05) is 29.8 Å². The van der Waals surface area contributed by atoms with Crippen molar-refractivity contribution < 1.29 is 9.52 Å². The molecule has 92 valence electrons. The van der Waals surface area contributed by atoms with Crippen LogP contribution in [0.25, 0.3) is 11.0 Å². The van der Waals surface area contributed by atoms with Gasteiger partial charge in [-0.3, -0.25) is 0 Å². The van der Waals surface area contributed by atoms with Crippen LogP contribution < -0.4 is 0 Å². The van der Waals surface area contributed by atoms with Crippen molar-refractivity contribution in [2.24, 2.45) is 7.05 Å². The highest BCUT2D eigenvalue weighted by Crippen LogP contribution is 2.21. The molecule has 0 aliphatic heterocycles. The monoisotopic (exact) mass is 242 g/mol. The van der Waals surface area contributed by atoms with Crippen LogP contribution in [0.5, 0.6) is 5.75 Å². The minimum Gasteiger partial charge on any atom is -0.508 e. The van der Waals surface area contributed by atoms with Crippen LogP contribution in [0.3, 0.4) is 0 Å². The van der Waals surface area contributed by atoms with Crippen LogP contribution in [-0.2, 0) is 19.9 Å². The fourth-order valence-corrected chi connectivity index (χ4v) is 2.14. The number of phenolic OH excluding ortho intramolecular Hbond substituents is 1. The van der Waals surface area contributed by atoms with E-state index >= 15 is 0 Å². The molecule has 0 fully saturated rings. The number of aromatic hydroxyl groups is 1. The third-order valence-electron chi connectivity index (χ3n) is 3.13. The molecule has 2 aromatic heterocycles. The van der Waals surface area contributed by atoms with Gasteiger partial charge >= 0.3 is 0 Å². The fraction of sp³-hybridized carbons (Fsp3) is 0.214. The fourth-order valence-electron chi connectivity index (χ4n) is 2.14. The largest absolute Gasteiger partial charge is 0.508 e. The van der Waals surface area contributed by atoms with Crippen LogP contribution in [0.1, 0.15) is 11.6 Å². The molecule has 4 nitrogen and oxygen atoms in total. The van der Waals surface area contributed by atoms with Gasteiger partial charge in [-0.05, 0) is 24.3 Å². The second kappa shape index (κ2) is 4.22. The molecule has 0 unspecified atom stereocenters. The van der Waals surface area contributed by atoms with Crippen molar-refractivity contribution in [1.82, 2.24) is 9.55 Å². The number of nitrogens with zero attached hydrogens (tertiary/aromatic N) is 2. The summed E-state index contributed by atoms with van der Waals surface area (Å²) < 4.78 is 7.32. The third-order valence-corrected chi connectivity index (χ3v) is 3.13. The average Bonchev–Trinajstić information content (AvgIpc) is 2.97. The van der Waals surface area contributed by atoms with Crippen molar-refractivity contribution in [2.45, 2.75) is 12.8 Å². The topological polar surface area (TPSA) is 51.2 Å². The molecular formula is C14H14N2O2. The van der Waals surface area contributed by atoms with Gasteiger partial charge in [-0.25, -0.2) is 4.98 Å². The zero-order valence-corrected chi connectivity index (χ0v) is 10.1. The Hall–Kier alpha value is -2.23. The highest BCUT2D eigenvalue weighted by atomic mass is 16.3. The number of fused-ring (bicyclic) bond motifs is 1. The summed E-state index contributed by atoms with van der Waals surface area (Å²) in [4.78, 5) is 4.56. The van der Waals surface area contributed by atoms with Gasteiger partial charge in [0.1, 0.15) is 17.3 Å². The normalized spacial score (nSPS) is 11.2. The lowest BCUT2D eigenvalue weighted by atomic mass is 10.2. The molecule has 0 radical (unpaired) electrons. The number of aromatic nitrogens is 2. The lowest BCUT2D eigenvalue weighted by Crippen LogP contribution is -1.99. The summed E-state index contributed by atoms with van der Waals surface area (Å²) in [6.45, 7) is 0. The van der Waals surface area contributed by atoms with Crippen molar-refractivity contribution in [1.29, 1.82) is 0 Å². The van der Waals surface area contributed by atoms with Crippen molar-refractivity contribution in [2.75, 3.05) is 0 Å². The summed E-state index contributed by atoms with van der Waals surface area (Å²) in [5.74, 6) is 2.22. The maximum atomic E-state index is 9.49. The predicted octanol–water partition coefficient (Wildman–Crippen LogP) is 2.66. The number of benzene rings is 1. The maximum absolute atomic E-state index is 9.49. The van der Waals surface area contributed by atoms with E-state index in [0.29, 0.717) is 0 Å². The molecule has 0 amide bonds. The Balaban J connectivity index is 1.90. The summed E-state index contributed by atoms with van der Waals surface area (Å²) in [6, 6.07) is 9.09. The first-order chi connectivity index (χ1) is 8.74. The van der Waals surface area contributed by atoms with Crippen molar-refractivity contribution in [3.05, 3.63) is 48.2 Å². The van der Waals surface area contributed by atoms with Gasteiger partial charge in [0.05, 0.1) is 17.3 Å². The number of hydrogen-bond donors (Lipinski definition) is 1. The quantitative estimate of drug-likeness (QED) is 0.768. The minimum absolute atomic E-state index is 0.267. The minimum atomic E-state index is 0.267. The van der Waals surface area contributed by atoms with Gasteiger partial charge in [0.2, 0.25) is 0 Å². The van der Waals surface area contributed by atoms with Gasteiger partial charge in [-0.15, -0.1) is 0 Å². The molecule has 2 heterocycles. The van der Waals surface area contributed by atoms with Gasteiger partial charge in [0, 0.05) is 26.0 Å². The van der Waals surface area contributed by atoms with E-state index in [-0.39, 0.29) is 5.75 Å². The molecule has 0 saturated heterocycles. The van der Waals surface area contributed by atoms with Crippen LogP contribution in [0.4, 0.5) is 0 Å². The van der Waals surface area contributed by atoms with Crippen LogP contribution in [-0.4, -0.2) is 14.7 Å². The lowest BCUT2D eigenvalue weighted by Gasteiger charge is -2.01. The molecule has 3 aromatic rings. The van der Waals surface area contributed by atoms with Crippen LogP contribution in [0, 0.1) is 0 Å². The van der Waals surface area contributed by atoms with E-state index in [4.69, 9.17) is 4.42 Å². The number of aryl methyl sites for hydroxylation is 3. The average molecular weight is 242 g/mol. The SMILES string of the molecule is Cn1c(CCc2ccco2)nc2ccc(O)cc21. The predicted molar refractivity (Wildman–Crippen MR) is 68.5 cm³/mol. The third kappa shape index (κ3) is 1.86. The van der Waals surface area contributed by atoms with E-state index in [2.05, 4.69) is 4.98 Å². The standard InChI is InChI=1S/C14H14N2O2/c1-16-13-9-10(17)4-6-12(13)15-14(16)7-5-11-3-2-8-18-11/h2-4,6,8-9,17H,5,7H2,1H3. The highest BCUT2D eigenvalue weighted by Gasteiger charge is 2.09. The van der Waals surface area contributed by atoms with Crippen LogP contribution in [0.15, 0.2) is 41.0 Å². The first kappa shape index (κ1) is 10.9. The van der Waals surface area contributed by atoms with E-state index in [0.717, 1.165) is 35.5 Å². The molecular weight excluding hydrogens is 228 g/mol. The summed E-state index contributed by atoms with van der Waals surface area (Å²) in [7, 11) is 1.96. The zero-order valence-electron chi connectivity index (χ0n) is 10.1. The Morgan fingerprint density at radius 1 is 1.28 bits per heavy atom. The second-order valence-electron chi connectivity index (χ2n) is 4.34. The Morgan fingerprint density at radius 3 is 2.94 bits per heavy atom. The summed E-state index contributed by atoms with van der Waals surface area (Å²) >= 11 is 0. The zero-order chi connectivity index (χ0) is 12.5. The van der Waals surface area contributed by atoms with Gasteiger partial charge in [-0.2, -0.15) is 0 Å². The van der Waals surface area contributed by atoms with Gasteiger partial charge in [0.15, 0.2) is 0 Å². The van der Waals surface area contributed by atoms with E-state index < -0.39 is 0 Å². The molecule has 0 spiro atoms. The van der Waals surface area contributed by atoms with Gasteiger partial charge in [-0.1, -0.05) is 0 Å². The number of phenols is 1. The summed E-state index contributed by atoms with van der Waals surface area (Å²) in [5.41, 5.74) is 1.86. The number of hydrogen-bond acceptors (Lipinski definition) is 3. The highest BCUT2D eigenvalue weighted by molar-refractivity contribution is 5.77. The first-order valence-electron chi connectivity index (χ1n) is 5.91. The summed E-state index contributed by atoms with van der Waals surface area (Å²) in [5, 5.41) is 9.49. The molecule has 1 aromatic carbocycles. The van der Waals surface area contributed by atoms with Crippen molar-refractivity contribution >= 4 is 11.0 Å². The Kier molecular flexibility index (Phi) is 2.55. The van der Waals surface area contributed by atoms with Crippen LogP contribution >= 0.6 is 0 Å². The molecule has 1 N–H and O–H groups in total. The Bertz CT molecular complexity index is 668. The van der Waals surface area contributed by atoms with E-state index in [9.17, 15) is 5.11 Å². The molecule has 0 atom stereocenters.